The Morgan fingerprint density at radius 3 is 2.42 bits per heavy atom. The summed E-state index contributed by atoms with van der Waals surface area (Å²) in [6.07, 6.45) is -0.938. The Balaban J connectivity index is 1.54. The first kappa shape index (κ1) is 18.0. The zero-order valence-electron chi connectivity index (χ0n) is 14.9. The maximum absolute atomic E-state index is 12.2. The number of esters is 1. The highest BCUT2D eigenvalue weighted by atomic mass is 16.6. The van der Waals surface area contributed by atoms with Gasteiger partial charge < -0.3 is 24.1 Å². The Labute approximate surface area is 151 Å². The first-order chi connectivity index (χ1) is 12.5. The standard InChI is InChI=1S/C19H22N2O5/c1-13-3-8-17(25-13)19(23)26-14(2)18(22)20-15-4-6-16(7-5-15)21-9-11-24-12-10-21/h3-8,14H,9-12H2,1-2H3,(H,20,22)/t14-/m1/s1. The number of morpholine rings is 1. The molecule has 1 aromatic carbocycles. The van der Waals surface area contributed by atoms with Crippen LogP contribution in [0.25, 0.3) is 0 Å². The minimum atomic E-state index is -0.938. The predicted molar refractivity (Wildman–Crippen MR) is 96.4 cm³/mol. The van der Waals surface area contributed by atoms with Gasteiger partial charge in [0, 0.05) is 24.5 Å². The summed E-state index contributed by atoms with van der Waals surface area (Å²) in [5.41, 5.74) is 1.72. The molecule has 1 aliphatic heterocycles. The van der Waals surface area contributed by atoms with E-state index in [4.69, 9.17) is 13.9 Å². The van der Waals surface area contributed by atoms with Gasteiger partial charge in [-0.2, -0.15) is 0 Å². The van der Waals surface area contributed by atoms with E-state index in [1.165, 1.54) is 13.0 Å². The Morgan fingerprint density at radius 2 is 1.81 bits per heavy atom. The lowest BCUT2D eigenvalue weighted by Crippen LogP contribution is -2.36. The molecule has 0 saturated carbocycles. The summed E-state index contributed by atoms with van der Waals surface area (Å²) in [7, 11) is 0. The molecule has 1 aromatic heterocycles. The smallest absolute Gasteiger partial charge is 0.375 e. The summed E-state index contributed by atoms with van der Waals surface area (Å²) in [4.78, 5) is 26.4. The van der Waals surface area contributed by atoms with Crippen LogP contribution in [0.5, 0.6) is 0 Å². The van der Waals surface area contributed by atoms with Crippen molar-refractivity contribution in [2.75, 3.05) is 36.5 Å². The van der Waals surface area contributed by atoms with E-state index in [9.17, 15) is 9.59 Å². The van der Waals surface area contributed by atoms with Gasteiger partial charge in [-0.05, 0) is 50.2 Å². The van der Waals surface area contributed by atoms with E-state index in [-0.39, 0.29) is 5.76 Å². The lowest BCUT2D eigenvalue weighted by Gasteiger charge is -2.28. The van der Waals surface area contributed by atoms with Crippen LogP contribution in [0.4, 0.5) is 11.4 Å². The van der Waals surface area contributed by atoms with E-state index < -0.39 is 18.0 Å². The zero-order valence-corrected chi connectivity index (χ0v) is 14.9. The summed E-state index contributed by atoms with van der Waals surface area (Å²) < 4.78 is 15.7. The van der Waals surface area contributed by atoms with Crippen molar-refractivity contribution in [3.63, 3.8) is 0 Å². The van der Waals surface area contributed by atoms with Crippen molar-refractivity contribution in [1.82, 2.24) is 0 Å². The summed E-state index contributed by atoms with van der Waals surface area (Å²) >= 11 is 0. The average Bonchev–Trinajstić information content (AvgIpc) is 3.09. The molecule has 26 heavy (non-hydrogen) atoms. The van der Waals surface area contributed by atoms with Crippen molar-refractivity contribution >= 4 is 23.3 Å². The third-order valence-electron chi connectivity index (χ3n) is 4.11. The highest BCUT2D eigenvalue weighted by Crippen LogP contribution is 2.19. The van der Waals surface area contributed by atoms with E-state index in [2.05, 4.69) is 10.2 Å². The first-order valence-electron chi connectivity index (χ1n) is 8.54. The molecule has 7 nitrogen and oxygen atoms in total. The highest BCUT2D eigenvalue weighted by Gasteiger charge is 2.21. The van der Waals surface area contributed by atoms with Crippen molar-refractivity contribution in [3.8, 4) is 0 Å². The van der Waals surface area contributed by atoms with Gasteiger partial charge >= 0.3 is 5.97 Å². The number of ether oxygens (including phenoxy) is 2. The van der Waals surface area contributed by atoms with Gasteiger partial charge in [-0.25, -0.2) is 4.79 Å². The van der Waals surface area contributed by atoms with Crippen LogP contribution in [-0.4, -0.2) is 44.3 Å². The molecule has 7 heteroatoms. The zero-order chi connectivity index (χ0) is 18.5. The Bertz CT molecular complexity index is 762. The minimum Gasteiger partial charge on any atom is -0.454 e. The molecule has 1 aliphatic rings. The molecule has 2 aromatic rings. The fourth-order valence-electron chi connectivity index (χ4n) is 2.64. The molecule has 0 radical (unpaired) electrons. The quantitative estimate of drug-likeness (QED) is 0.828. The Kier molecular flexibility index (Phi) is 5.58. The van der Waals surface area contributed by atoms with Crippen LogP contribution >= 0.6 is 0 Å². The number of carbonyl (C=O) groups is 2. The highest BCUT2D eigenvalue weighted by molar-refractivity contribution is 5.96. The number of hydrogen-bond acceptors (Lipinski definition) is 6. The predicted octanol–water partition coefficient (Wildman–Crippen LogP) is 2.61. The van der Waals surface area contributed by atoms with Gasteiger partial charge in [0.15, 0.2) is 6.10 Å². The number of benzene rings is 1. The summed E-state index contributed by atoms with van der Waals surface area (Å²) in [5.74, 6) is -0.379. The summed E-state index contributed by atoms with van der Waals surface area (Å²) in [6, 6.07) is 10.7. The van der Waals surface area contributed by atoms with Gasteiger partial charge in [-0.1, -0.05) is 0 Å². The van der Waals surface area contributed by atoms with Crippen molar-refractivity contribution < 1.29 is 23.5 Å². The second kappa shape index (κ2) is 8.05. The molecule has 0 bridgehead atoms. The molecule has 1 fully saturated rings. The molecule has 2 heterocycles. The molecule has 1 atom stereocenters. The molecule has 0 aliphatic carbocycles. The second-order valence-electron chi connectivity index (χ2n) is 6.09. The second-order valence-corrected chi connectivity index (χ2v) is 6.09. The lowest BCUT2D eigenvalue weighted by atomic mass is 10.2. The van der Waals surface area contributed by atoms with Gasteiger partial charge in [0.05, 0.1) is 13.2 Å². The molecule has 1 saturated heterocycles. The van der Waals surface area contributed by atoms with Crippen LogP contribution in [0.2, 0.25) is 0 Å². The minimum absolute atomic E-state index is 0.0806. The number of nitrogens with one attached hydrogen (secondary N) is 1. The van der Waals surface area contributed by atoms with Crippen LogP contribution in [0.15, 0.2) is 40.8 Å². The molecule has 0 unspecified atom stereocenters. The summed E-state index contributed by atoms with van der Waals surface area (Å²) in [5, 5.41) is 2.74. The normalized spacial score (nSPS) is 15.4. The van der Waals surface area contributed by atoms with Crippen LogP contribution in [0.1, 0.15) is 23.2 Å². The number of hydrogen-bond donors (Lipinski definition) is 1. The van der Waals surface area contributed by atoms with E-state index >= 15 is 0 Å². The van der Waals surface area contributed by atoms with Crippen molar-refractivity contribution in [1.29, 1.82) is 0 Å². The molecule has 138 valence electrons. The first-order valence-corrected chi connectivity index (χ1v) is 8.54. The molecule has 1 amide bonds. The van der Waals surface area contributed by atoms with Crippen LogP contribution in [0, 0.1) is 6.92 Å². The number of amides is 1. The monoisotopic (exact) mass is 358 g/mol. The van der Waals surface area contributed by atoms with Crippen molar-refractivity contribution in [2.24, 2.45) is 0 Å². The molecular weight excluding hydrogens is 336 g/mol. The van der Waals surface area contributed by atoms with Crippen LogP contribution in [-0.2, 0) is 14.3 Å². The molecule has 0 spiro atoms. The van der Waals surface area contributed by atoms with Gasteiger partial charge in [0.2, 0.25) is 5.76 Å². The number of nitrogens with zero attached hydrogens (tertiary/aromatic N) is 1. The van der Waals surface area contributed by atoms with E-state index in [1.807, 2.05) is 24.3 Å². The third-order valence-corrected chi connectivity index (χ3v) is 4.11. The number of rotatable bonds is 5. The van der Waals surface area contributed by atoms with E-state index in [0.29, 0.717) is 11.4 Å². The largest absolute Gasteiger partial charge is 0.454 e. The maximum Gasteiger partial charge on any atom is 0.375 e. The third kappa shape index (κ3) is 4.43. The van der Waals surface area contributed by atoms with Crippen molar-refractivity contribution in [3.05, 3.63) is 47.9 Å². The lowest BCUT2D eigenvalue weighted by molar-refractivity contribution is -0.123. The number of anilines is 2. The van der Waals surface area contributed by atoms with Gasteiger partial charge in [0.25, 0.3) is 5.91 Å². The molecular formula is C19H22N2O5. The van der Waals surface area contributed by atoms with Gasteiger partial charge in [-0.15, -0.1) is 0 Å². The van der Waals surface area contributed by atoms with Gasteiger partial charge in [-0.3, -0.25) is 4.79 Å². The maximum atomic E-state index is 12.2. The average molecular weight is 358 g/mol. The fraction of sp³-hybridized carbons (Fsp3) is 0.368. The summed E-state index contributed by atoms with van der Waals surface area (Å²) in [6.45, 7) is 6.39. The number of aryl methyl sites for hydroxylation is 1. The van der Waals surface area contributed by atoms with Crippen LogP contribution in [0.3, 0.4) is 0 Å². The number of carbonyl (C=O) groups excluding carboxylic acids is 2. The van der Waals surface area contributed by atoms with E-state index in [1.54, 1.807) is 13.0 Å². The fourth-order valence-corrected chi connectivity index (χ4v) is 2.64. The van der Waals surface area contributed by atoms with Gasteiger partial charge in [0.1, 0.15) is 5.76 Å². The molecule has 1 N–H and O–H groups in total. The SMILES string of the molecule is Cc1ccc(C(=O)O[C@H](C)C(=O)Nc2ccc(N3CCOCC3)cc2)o1. The molecule has 3 rings (SSSR count). The number of furan rings is 1. The Hall–Kier alpha value is -2.80. The van der Waals surface area contributed by atoms with Crippen molar-refractivity contribution in [2.45, 2.75) is 20.0 Å². The Morgan fingerprint density at radius 1 is 1.12 bits per heavy atom. The van der Waals surface area contributed by atoms with Crippen LogP contribution < -0.4 is 10.2 Å². The van der Waals surface area contributed by atoms with E-state index in [0.717, 1.165) is 32.0 Å². The topological polar surface area (TPSA) is 81.0 Å².